The first-order valence-electron chi connectivity index (χ1n) is 6.73. The van der Waals surface area contributed by atoms with Crippen molar-refractivity contribution in [1.82, 2.24) is 14.8 Å². The molecule has 2 rings (SSSR count). The van der Waals surface area contributed by atoms with Gasteiger partial charge in [0.15, 0.2) is 0 Å². The van der Waals surface area contributed by atoms with E-state index in [4.69, 9.17) is 5.73 Å². The van der Waals surface area contributed by atoms with Crippen molar-refractivity contribution >= 4 is 5.91 Å². The summed E-state index contributed by atoms with van der Waals surface area (Å²) in [7, 11) is 2.01. The topological polar surface area (TPSA) is 62.5 Å². The average Bonchev–Trinajstić information content (AvgIpc) is 2.42. The number of carbonyl (C=O) groups is 1. The van der Waals surface area contributed by atoms with Crippen molar-refractivity contribution in [1.29, 1.82) is 0 Å². The average molecular weight is 262 g/mol. The van der Waals surface area contributed by atoms with Crippen LogP contribution in [-0.2, 0) is 11.3 Å². The molecule has 1 saturated heterocycles. The molecule has 2 heterocycles. The summed E-state index contributed by atoms with van der Waals surface area (Å²) in [5.41, 5.74) is 6.74. The molecule has 1 aromatic heterocycles. The molecule has 2 unspecified atom stereocenters. The summed E-state index contributed by atoms with van der Waals surface area (Å²) in [5.74, 6) is 0.183. The summed E-state index contributed by atoms with van der Waals surface area (Å²) in [6.45, 7) is 4.10. The SMILES string of the molecule is CC1CN(Cc2ccncc2)C(=O)C(CCN)N1C. The normalized spacial score (nSPS) is 24.8. The van der Waals surface area contributed by atoms with Crippen molar-refractivity contribution in [3.8, 4) is 0 Å². The van der Waals surface area contributed by atoms with Crippen LogP contribution in [0, 0.1) is 0 Å². The van der Waals surface area contributed by atoms with E-state index < -0.39 is 0 Å². The Morgan fingerprint density at radius 1 is 1.42 bits per heavy atom. The van der Waals surface area contributed by atoms with Gasteiger partial charge in [0, 0.05) is 31.5 Å². The van der Waals surface area contributed by atoms with Crippen molar-refractivity contribution in [2.24, 2.45) is 5.73 Å². The van der Waals surface area contributed by atoms with Crippen LogP contribution in [0.1, 0.15) is 18.9 Å². The van der Waals surface area contributed by atoms with Crippen LogP contribution in [-0.4, -0.2) is 52.9 Å². The Morgan fingerprint density at radius 3 is 2.74 bits per heavy atom. The number of hydrogen-bond acceptors (Lipinski definition) is 4. The van der Waals surface area contributed by atoms with Crippen molar-refractivity contribution < 1.29 is 4.79 Å². The minimum atomic E-state index is -0.0874. The third kappa shape index (κ3) is 3.11. The number of nitrogens with zero attached hydrogens (tertiary/aromatic N) is 3. The molecule has 1 amide bonds. The zero-order chi connectivity index (χ0) is 13.8. The van der Waals surface area contributed by atoms with Gasteiger partial charge in [0.1, 0.15) is 0 Å². The van der Waals surface area contributed by atoms with Gasteiger partial charge in [-0.25, -0.2) is 0 Å². The van der Waals surface area contributed by atoms with Crippen LogP contribution in [0.15, 0.2) is 24.5 Å². The first-order valence-corrected chi connectivity index (χ1v) is 6.73. The van der Waals surface area contributed by atoms with Gasteiger partial charge in [0.25, 0.3) is 0 Å². The molecule has 0 spiro atoms. The number of aromatic nitrogens is 1. The van der Waals surface area contributed by atoms with E-state index in [2.05, 4.69) is 16.8 Å². The number of amides is 1. The van der Waals surface area contributed by atoms with E-state index in [0.29, 0.717) is 25.6 Å². The predicted molar refractivity (Wildman–Crippen MR) is 74.3 cm³/mol. The van der Waals surface area contributed by atoms with E-state index in [1.165, 1.54) is 0 Å². The zero-order valence-electron chi connectivity index (χ0n) is 11.6. The molecule has 1 aromatic rings. The zero-order valence-corrected chi connectivity index (χ0v) is 11.6. The molecular formula is C14H22N4O. The number of pyridine rings is 1. The number of hydrogen-bond donors (Lipinski definition) is 1. The molecule has 0 bridgehead atoms. The maximum atomic E-state index is 12.5. The van der Waals surface area contributed by atoms with Gasteiger partial charge in [0.2, 0.25) is 5.91 Å². The van der Waals surface area contributed by atoms with Gasteiger partial charge >= 0.3 is 0 Å². The smallest absolute Gasteiger partial charge is 0.240 e. The second-order valence-electron chi connectivity index (χ2n) is 5.18. The van der Waals surface area contributed by atoms with Gasteiger partial charge in [-0.05, 0) is 44.6 Å². The van der Waals surface area contributed by atoms with Crippen molar-refractivity contribution in [3.63, 3.8) is 0 Å². The molecule has 2 N–H and O–H groups in total. The number of rotatable bonds is 4. The molecular weight excluding hydrogens is 240 g/mol. The van der Waals surface area contributed by atoms with Gasteiger partial charge in [-0.3, -0.25) is 14.7 Å². The highest BCUT2D eigenvalue weighted by Gasteiger charge is 2.35. The lowest BCUT2D eigenvalue weighted by Crippen LogP contribution is -2.59. The minimum absolute atomic E-state index is 0.0874. The Hall–Kier alpha value is -1.46. The lowest BCUT2D eigenvalue weighted by atomic mass is 10.0. The monoisotopic (exact) mass is 262 g/mol. The van der Waals surface area contributed by atoms with Crippen LogP contribution in [0.5, 0.6) is 0 Å². The summed E-state index contributed by atoms with van der Waals surface area (Å²) >= 11 is 0. The Morgan fingerprint density at radius 2 is 2.11 bits per heavy atom. The van der Waals surface area contributed by atoms with Crippen LogP contribution in [0.25, 0.3) is 0 Å². The number of likely N-dealkylation sites (N-methyl/N-ethyl adjacent to an activating group) is 1. The summed E-state index contributed by atoms with van der Waals surface area (Å²) in [5, 5.41) is 0. The summed E-state index contributed by atoms with van der Waals surface area (Å²) < 4.78 is 0. The molecule has 1 aliphatic rings. The van der Waals surface area contributed by atoms with Crippen molar-refractivity contribution in [2.75, 3.05) is 20.1 Å². The second kappa shape index (κ2) is 6.12. The third-order valence-electron chi connectivity index (χ3n) is 3.83. The maximum Gasteiger partial charge on any atom is 0.240 e. The molecule has 0 saturated carbocycles. The van der Waals surface area contributed by atoms with Gasteiger partial charge in [-0.1, -0.05) is 0 Å². The molecule has 5 heteroatoms. The highest BCUT2D eigenvalue weighted by molar-refractivity contribution is 5.82. The summed E-state index contributed by atoms with van der Waals surface area (Å²) in [6.07, 6.45) is 4.24. The Labute approximate surface area is 114 Å². The van der Waals surface area contributed by atoms with Gasteiger partial charge in [-0.15, -0.1) is 0 Å². The molecule has 5 nitrogen and oxygen atoms in total. The van der Waals surface area contributed by atoms with E-state index in [9.17, 15) is 4.79 Å². The van der Waals surface area contributed by atoms with Crippen LogP contribution in [0.2, 0.25) is 0 Å². The van der Waals surface area contributed by atoms with E-state index >= 15 is 0 Å². The maximum absolute atomic E-state index is 12.5. The van der Waals surface area contributed by atoms with E-state index in [0.717, 1.165) is 12.1 Å². The van der Waals surface area contributed by atoms with Crippen LogP contribution < -0.4 is 5.73 Å². The molecule has 1 aliphatic heterocycles. The second-order valence-corrected chi connectivity index (χ2v) is 5.18. The van der Waals surface area contributed by atoms with Gasteiger partial charge in [-0.2, -0.15) is 0 Å². The molecule has 104 valence electrons. The summed E-state index contributed by atoms with van der Waals surface area (Å²) in [6, 6.07) is 4.18. The number of piperazine rings is 1. The summed E-state index contributed by atoms with van der Waals surface area (Å²) in [4.78, 5) is 20.6. The van der Waals surface area contributed by atoms with Crippen molar-refractivity contribution in [2.45, 2.75) is 32.0 Å². The molecule has 2 atom stereocenters. The lowest BCUT2D eigenvalue weighted by Gasteiger charge is -2.43. The molecule has 1 fully saturated rings. The van der Waals surface area contributed by atoms with E-state index in [1.807, 2.05) is 24.1 Å². The fourth-order valence-electron chi connectivity index (χ4n) is 2.57. The molecule has 0 aromatic carbocycles. The highest BCUT2D eigenvalue weighted by Crippen LogP contribution is 2.19. The Bertz CT molecular complexity index is 423. The van der Waals surface area contributed by atoms with Gasteiger partial charge < -0.3 is 10.6 Å². The quantitative estimate of drug-likeness (QED) is 0.856. The number of nitrogens with two attached hydrogens (primary N) is 1. The Kier molecular flexibility index (Phi) is 4.50. The van der Waals surface area contributed by atoms with Crippen LogP contribution in [0.4, 0.5) is 0 Å². The standard InChI is InChI=1S/C14H22N4O/c1-11-9-18(10-12-4-7-16-8-5-12)14(19)13(3-6-15)17(11)2/h4-5,7-8,11,13H,3,6,9-10,15H2,1-2H3. The third-order valence-corrected chi connectivity index (χ3v) is 3.83. The molecule has 0 radical (unpaired) electrons. The first-order chi connectivity index (χ1) is 9.13. The largest absolute Gasteiger partial charge is 0.335 e. The fraction of sp³-hybridized carbons (Fsp3) is 0.571. The van der Waals surface area contributed by atoms with E-state index in [1.54, 1.807) is 12.4 Å². The minimum Gasteiger partial charge on any atom is -0.335 e. The fourth-order valence-corrected chi connectivity index (χ4v) is 2.57. The highest BCUT2D eigenvalue weighted by atomic mass is 16.2. The van der Waals surface area contributed by atoms with Crippen molar-refractivity contribution in [3.05, 3.63) is 30.1 Å². The molecule has 0 aliphatic carbocycles. The van der Waals surface area contributed by atoms with Crippen LogP contribution >= 0.6 is 0 Å². The Balaban J connectivity index is 2.10. The first kappa shape index (κ1) is 14.0. The van der Waals surface area contributed by atoms with Gasteiger partial charge in [0.05, 0.1) is 6.04 Å². The number of carbonyl (C=O) groups excluding carboxylic acids is 1. The predicted octanol–water partition coefficient (Wildman–Crippen LogP) is 0.462. The molecule has 19 heavy (non-hydrogen) atoms. The lowest BCUT2D eigenvalue weighted by molar-refractivity contribution is -0.144. The van der Waals surface area contributed by atoms with Crippen LogP contribution in [0.3, 0.4) is 0 Å². The van der Waals surface area contributed by atoms with E-state index in [-0.39, 0.29) is 11.9 Å².